The summed E-state index contributed by atoms with van der Waals surface area (Å²) in [6.07, 6.45) is 5.81. The fraction of sp³-hybridized carbons (Fsp3) is 0.444. The molecule has 6 heteroatoms. The van der Waals surface area contributed by atoms with Crippen LogP contribution in [0.4, 0.5) is 4.79 Å². The Kier molecular flexibility index (Phi) is 7.01. The van der Waals surface area contributed by atoms with Gasteiger partial charge in [-0.2, -0.15) is 5.26 Å². The Morgan fingerprint density at radius 2 is 2.38 bits per heavy atom. The Morgan fingerprint density at radius 1 is 1.58 bits per heavy atom. The maximum Gasteiger partial charge on any atom is 0.318 e. The average molecular weight is 364 g/mol. The molecule has 1 aromatic rings. The Labute approximate surface area is 152 Å². The monoisotopic (exact) mass is 363 g/mol. The van der Waals surface area contributed by atoms with E-state index in [0.717, 1.165) is 24.9 Å². The number of benzene rings is 1. The number of hydrogen-bond donors (Lipinski definition) is 1. The standard InChI is InChI=1S/C18H22ClN3OS/c1-13-6-8-22(18(23)21-7-3-9-24-2)17(10-13)14-4-5-15(12-20)16(19)11-14/h3-5,9,11,13,17H,6-8,10H2,1-2H3,(H,21,23)/b9-3+. The van der Waals surface area contributed by atoms with Gasteiger partial charge in [0, 0.05) is 13.1 Å². The molecule has 0 aromatic heterocycles. The largest absolute Gasteiger partial charge is 0.334 e. The van der Waals surface area contributed by atoms with Crippen molar-refractivity contribution in [1.29, 1.82) is 5.26 Å². The summed E-state index contributed by atoms with van der Waals surface area (Å²) < 4.78 is 0. The Morgan fingerprint density at radius 3 is 3.04 bits per heavy atom. The summed E-state index contributed by atoms with van der Waals surface area (Å²) in [7, 11) is 0. The number of nitriles is 1. The molecule has 0 radical (unpaired) electrons. The van der Waals surface area contributed by atoms with Crippen molar-refractivity contribution in [2.45, 2.75) is 25.8 Å². The van der Waals surface area contributed by atoms with Crippen molar-refractivity contribution in [3.8, 4) is 6.07 Å². The van der Waals surface area contributed by atoms with E-state index in [0.29, 0.717) is 23.0 Å². The quantitative estimate of drug-likeness (QED) is 0.852. The summed E-state index contributed by atoms with van der Waals surface area (Å²) in [5.41, 5.74) is 1.45. The minimum Gasteiger partial charge on any atom is -0.334 e. The number of piperidine rings is 1. The second kappa shape index (κ2) is 9.00. The van der Waals surface area contributed by atoms with Crippen molar-refractivity contribution >= 4 is 29.4 Å². The molecule has 1 saturated heterocycles. The third-order valence-corrected chi connectivity index (χ3v) is 5.00. The number of carbonyl (C=O) groups excluding carboxylic acids is 1. The lowest BCUT2D eigenvalue weighted by molar-refractivity contribution is 0.132. The van der Waals surface area contributed by atoms with E-state index in [9.17, 15) is 4.79 Å². The molecule has 1 aromatic carbocycles. The number of thioether (sulfide) groups is 1. The van der Waals surface area contributed by atoms with Crippen molar-refractivity contribution in [2.24, 2.45) is 5.92 Å². The van der Waals surface area contributed by atoms with E-state index in [1.807, 2.05) is 34.8 Å². The van der Waals surface area contributed by atoms with Crippen molar-refractivity contribution in [2.75, 3.05) is 19.3 Å². The summed E-state index contributed by atoms with van der Waals surface area (Å²) in [4.78, 5) is 14.4. The van der Waals surface area contributed by atoms with Gasteiger partial charge in [-0.1, -0.05) is 30.7 Å². The Bertz CT molecular complexity index is 656. The van der Waals surface area contributed by atoms with Crippen molar-refractivity contribution in [1.82, 2.24) is 10.2 Å². The highest BCUT2D eigenvalue weighted by molar-refractivity contribution is 8.01. The zero-order valence-electron chi connectivity index (χ0n) is 14.0. The first-order valence-electron chi connectivity index (χ1n) is 7.98. The fourth-order valence-electron chi connectivity index (χ4n) is 2.92. The number of amides is 2. The molecule has 1 aliphatic rings. The minimum absolute atomic E-state index is 0.0106. The molecule has 1 N–H and O–H groups in total. The summed E-state index contributed by atoms with van der Waals surface area (Å²) >= 11 is 7.78. The van der Waals surface area contributed by atoms with Gasteiger partial charge in [0.2, 0.25) is 0 Å². The maximum atomic E-state index is 12.5. The molecule has 0 bridgehead atoms. The molecule has 1 heterocycles. The van der Waals surface area contributed by atoms with E-state index in [2.05, 4.69) is 18.3 Å². The van der Waals surface area contributed by atoms with Gasteiger partial charge in [0.15, 0.2) is 0 Å². The van der Waals surface area contributed by atoms with Gasteiger partial charge >= 0.3 is 6.03 Å². The molecule has 2 rings (SSSR count). The predicted octanol–water partition coefficient (Wildman–Crippen LogP) is 4.57. The van der Waals surface area contributed by atoms with Crippen LogP contribution < -0.4 is 5.32 Å². The van der Waals surface area contributed by atoms with Crippen molar-refractivity contribution < 1.29 is 4.79 Å². The Balaban J connectivity index is 2.17. The smallest absolute Gasteiger partial charge is 0.318 e. The van der Waals surface area contributed by atoms with Gasteiger partial charge in [0.05, 0.1) is 16.6 Å². The molecule has 24 heavy (non-hydrogen) atoms. The van der Waals surface area contributed by atoms with E-state index in [4.69, 9.17) is 16.9 Å². The van der Waals surface area contributed by atoms with Gasteiger partial charge in [-0.15, -0.1) is 11.8 Å². The van der Waals surface area contributed by atoms with Gasteiger partial charge in [-0.3, -0.25) is 0 Å². The van der Waals surface area contributed by atoms with E-state index in [-0.39, 0.29) is 12.1 Å². The lowest BCUT2D eigenvalue weighted by Crippen LogP contribution is -2.46. The number of carbonyl (C=O) groups is 1. The maximum absolute atomic E-state index is 12.5. The van der Waals surface area contributed by atoms with E-state index in [1.165, 1.54) is 0 Å². The highest BCUT2D eigenvalue weighted by Crippen LogP contribution is 2.35. The van der Waals surface area contributed by atoms with Crippen LogP contribution in [0.5, 0.6) is 0 Å². The third kappa shape index (κ3) is 4.68. The first-order chi connectivity index (χ1) is 11.6. The third-order valence-electron chi connectivity index (χ3n) is 4.23. The SMILES string of the molecule is CS/C=C/CNC(=O)N1CCC(C)CC1c1ccc(C#N)c(Cl)c1. The van der Waals surface area contributed by atoms with Gasteiger partial charge < -0.3 is 10.2 Å². The molecule has 2 atom stereocenters. The fourth-order valence-corrected chi connectivity index (χ4v) is 3.44. The summed E-state index contributed by atoms with van der Waals surface area (Å²) in [6, 6.07) is 7.46. The van der Waals surface area contributed by atoms with Crippen molar-refractivity contribution in [3.63, 3.8) is 0 Å². The van der Waals surface area contributed by atoms with Crippen LogP contribution in [0.25, 0.3) is 0 Å². The molecule has 2 unspecified atom stereocenters. The zero-order valence-corrected chi connectivity index (χ0v) is 15.5. The molecule has 1 fully saturated rings. The highest BCUT2D eigenvalue weighted by Gasteiger charge is 2.31. The van der Waals surface area contributed by atoms with Crippen LogP contribution in [0.2, 0.25) is 5.02 Å². The average Bonchev–Trinajstić information content (AvgIpc) is 2.58. The number of nitrogens with one attached hydrogen (secondary N) is 1. The predicted molar refractivity (Wildman–Crippen MR) is 100 cm³/mol. The molecule has 4 nitrogen and oxygen atoms in total. The normalized spacial score (nSPS) is 20.8. The first-order valence-corrected chi connectivity index (χ1v) is 9.65. The van der Waals surface area contributed by atoms with Gasteiger partial charge in [-0.25, -0.2) is 4.79 Å². The molecule has 0 aliphatic carbocycles. The van der Waals surface area contributed by atoms with E-state index in [1.54, 1.807) is 17.8 Å². The van der Waals surface area contributed by atoms with Crippen LogP contribution in [0.3, 0.4) is 0 Å². The number of likely N-dealkylation sites (tertiary alicyclic amines) is 1. The lowest BCUT2D eigenvalue weighted by atomic mass is 9.88. The summed E-state index contributed by atoms with van der Waals surface area (Å²) in [6.45, 7) is 3.45. The molecule has 128 valence electrons. The second-order valence-electron chi connectivity index (χ2n) is 5.98. The Hall–Kier alpha value is -1.64. The van der Waals surface area contributed by atoms with Crippen LogP contribution in [-0.2, 0) is 0 Å². The van der Waals surface area contributed by atoms with E-state index < -0.39 is 0 Å². The topological polar surface area (TPSA) is 56.1 Å². The molecular formula is C18H22ClN3OS. The molecule has 0 saturated carbocycles. The van der Waals surface area contributed by atoms with Crippen LogP contribution in [0.1, 0.15) is 36.9 Å². The van der Waals surface area contributed by atoms with Gasteiger partial charge in [0.25, 0.3) is 0 Å². The summed E-state index contributed by atoms with van der Waals surface area (Å²) in [5.74, 6) is 0.546. The number of urea groups is 1. The zero-order chi connectivity index (χ0) is 17.5. The molecule has 2 amide bonds. The number of nitrogens with zero attached hydrogens (tertiary/aromatic N) is 2. The van der Waals surface area contributed by atoms with E-state index >= 15 is 0 Å². The van der Waals surface area contributed by atoms with Gasteiger partial charge in [-0.05, 0) is 48.1 Å². The number of rotatable bonds is 4. The van der Waals surface area contributed by atoms with Crippen molar-refractivity contribution in [3.05, 3.63) is 45.8 Å². The number of halogens is 1. The van der Waals surface area contributed by atoms with Crippen LogP contribution in [0, 0.1) is 17.2 Å². The van der Waals surface area contributed by atoms with Gasteiger partial charge in [0.1, 0.15) is 6.07 Å². The summed E-state index contributed by atoms with van der Waals surface area (Å²) in [5, 5.41) is 14.4. The van der Waals surface area contributed by atoms with Crippen LogP contribution >= 0.6 is 23.4 Å². The van der Waals surface area contributed by atoms with Crippen LogP contribution in [0.15, 0.2) is 29.7 Å². The lowest BCUT2D eigenvalue weighted by Gasteiger charge is -2.38. The number of hydrogen-bond acceptors (Lipinski definition) is 3. The highest BCUT2D eigenvalue weighted by atomic mass is 35.5. The van der Waals surface area contributed by atoms with Crippen LogP contribution in [-0.4, -0.2) is 30.3 Å². The molecule has 1 aliphatic heterocycles. The molecule has 0 spiro atoms. The molecular weight excluding hydrogens is 342 g/mol. The second-order valence-corrected chi connectivity index (χ2v) is 7.13. The first kappa shape index (κ1) is 18.7. The minimum atomic E-state index is -0.0573.